The summed E-state index contributed by atoms with van der Waals surface area (Å²) in [4.78, 5) is 26.0. The predicted molar refractivity (Wildman–Crippen MR) is 87.1 cm³/mol. The van der Waals surface area contributed by atoms with Crippen LogP contribution in [0.2, 0.25) is 0 Å². The van der Waals surface area contributed by atoms with Crippen LogP contribution in [0.5, 0.6) is 5.75 Å². The number of nitrogens with zero attached hydrogens (tertiary/aromatic N) is 1. The van der Waals surface area contributed by atoms with Gasteiger partial charge < -0.3 is 19.5 Å². The van der Waals surface area contributed by atoms with Crippen LogP contribution in [0.4, 0.5) is 0 Å². The Morgan fingerprint density at radius 1 is 1.12 bits per heavy atom. The molecule has 24 heavy (non-hydrogen) atoms. The Bertz CT molecular complexity index is 597. The number of hydrogen-bond acceptors (Lipinski definition) is 4. The molecule has 1 aromatic rings. The van der Waals surface area contributed by atoms with Crippen LogP contribution >= 0.6 is 0 Å². The van der Waals surface area contributed by atoms with Crippen molar-refractivity contribution in [2.75, 3.05) is 26.4 Å². The first-order valence-corrected chi connectivity index (χ1v) is 8.48. The highest BCUT2D eigenvalue weighted by molar-refractivity contribution is 5.85. The molecule has 1 saturated heterocycles. The van der Waals surface area contributed by atoms with Crippen LogP contribution in [-0.4, -0.2) is 54.3 Å². The molecule has 0 saturated carbocycles. The maximum absolute atomic E-state index is 13.2. The fraction of sp³-hybridized carbons (Fsp3) is 0.556. The van der Waals surface area contributed by atoms with Crippen molar-refractivity contribution in [1.29, 1.82) is 0 Å². The molecule has 0 radical (unpaired) electrons. The Morgan fingerprint density at radius 2 is 1.88 bits per heavy atom. The molecular formula is C18H23NO5. The molecule has 2 aliphatic heterocycles. The molecule has 1 unspecified atom stereocenters. The Morgan fingerprint density at radius 3 is 2.62 bits per heavy atom. The van der Waals surface area contributed by atoms with E-state index in [0.717, 1.165) is 24.2 Å². The molecule has 2 heterocycles. The zero-order valence-electron chi connectivity index (χ0n) is 13.6. The van der Waals surface area contributed by atoms with Crippen LogP contribution in [0, 0.1) is 0 Å². The summed E-state index contributed by atoms with van der Waals surface area (Å²) in [5.41, 5.74) is 0.904. The lowest BCUT2D eigenvalue weighted by molar-refractivity contribution is -0.141. The van der Waals surface area contributed by atoms with Crippen LogP contribution in [0.3, 0.4) is 0 Å². The highest BCUT2D eigenvalue weighted by atomic mass is 16.5. The molecule has 0 spiro atoms. The van der Waals surface area contributed by atoms with Crippen molar-refractivity contribution in [1.82, 2.24) is 4.90 Å². The van der Waals surface area contributed by atoms with Crippen LogP contribution in [0.15, 0.2) is 24.3 Å². The van der Waals surface area contributed by atoms with Gasteiger partial charge in [-0.05, 0) is 25.3 Å². The van der Waals surface area contributed by atoms with Gasteiger partial charge >= 0.3 is 5.97 Å². The predicted octanol–water partition coefficient (Wildman–Crippen LogP) is 2.04. The van der Waals surface area contributed by atoms with E-state index in [4.69, 9.17) is 14.6 Å². The highest BCUT2D eigenvalue weighted by Crippen LogP contribution is 2.35. The molecule has 1 aromatic carbocycles. The molecular weight excluding hydrogens is 310 g/mol. The van der Waals surface area contributed by atoms with Gasteiger partial charge in [-0.25, -0.2) is 0 Å². The average molecular weight is 333 g/mol. The van der Waals surface area contributed by atoms with Crippen molar-refractivity contribution in [2.45, 2.75) is 37.6 Å². The zero-order valence-corrected chi connectivity index (χ0v) is 13.6. The largest absolute Gasteiger partial charge is 0.493 e. The van der Waals surface area contributed by atoms with Gasteiger partial charge in [-0.3, -0.25) is 9.59 Å². The molecule has 6 nitrogen and oxygen atoms in total. The monoisotopic (exact) mass is 333 g/mol. The van der Waals surface area contributed by atoms with Gasteiger partial charge in [0, 0.05) is 31.4 Å². The molecule has 1 N–H and O–H groups in total. The van der Waals surface area contributed by atoms with E-state index >= 15 is 0 Å². The summed E-state index contributed by atoms with van der Waals surface area (Å²) >= 11 is 0. The summed E-state index contributed by atoms with van der Waals surface area (Å²) in [7, 11) is 0. The number of amides is 1. The summed E-state index contributed by atoms with van der Waals surface area (Å²) in [6, 6.07) is 7.66. The molecule has 3 rings (SSSR count). The van der Waals surface area contributed by atoms with Gasteiger partial charge in [0.15, 0.2) is 0 Å². The van der Waals surface area contributed by atoms with Gasteiger partial charge in [0.05, 0.1) is 18.9 Å². The number of para-hydroxylation sites is 1. The lowest BCUT2D eigenvalue weighted by atomic mass is 9.90. The van der Waals surface area contributed by atoms with Gasteiger partial charge in [0.25, 0.3) is 0 Å². The SMILES string of the molecule is O=C(O)CCN(C(=O)C1CCOc2ccccc21)C1CCOCC1. The minimum Gasteiger partial charge on any atom is -0.493 e. The average Bonchev–Trinajstić information content (AvgIpc) is 2.62. The van der Waals surface area contributed by atoms with Crippen molar-refractivity contribution in [2.24, 2.45) is 0 Å². The second-order valence-electron chi connectivity index (χ2n) is 6.25. The fourth-order valence-corrected chi connectivity index (χ4v) is 3.48. The number of fused-ring (bicyclic) bond motifs is 1. The summed E-state index contributed by atoms with van der Waals surface area (Å²) in [6.07, 6.45) is 2.11. The molecule has 0 aliphatic carbocycles. The van der Waals surface area contributed by atoms with E-state index in [1.165, 1.54) is 0 Å². The first-order valence-electron chi connectivity index (χ1n) is 8.48. The number of rotatable bonds is 5. The number of hydrogen-bond donors (Lipinski definition) is 1. The van der Waals surface area contributed by atoms with Crippen LogP contribution in [-0.2, 0) is 14.3 Å². The van der Waals surface area contributed by atoms with E-state index in [1.807, 2.05) is 24.3 Å². The lowest BCUT2D eigenvalue weighted by Crippen LogP contribution is -2.47. The van der Waals surface area contributed by atoms with E-state index in [9.17, 15) is 9.59 Å². The van der Waals surface area contributed by atoms with E-state index in [2.05, 4.69) is 0 Å². The highest BCUT2D eigenvalue weighted by Gasteiger charge is 2.34. The van der Waals surface area contributed by atoms with Gasteiger partial charge in [-0.2, -0.15) is 0 Å². The third-order valence-corrected chi connectivity index (χ3v) is 4.74. The van der Waals surface area contributed by atoms with Crippen molar-refractivity contribution in [3.63, 3.8) is 0 Å². The molecule has 1 fully saturated rings. The Labute approximate surface area is 141 Å². The molecule has 2 aliphatic rings. The number of aliphatic carboxylic acids is 1. The van der Waals surface area contributed by atoms with Gasteiger partial charge in [-0.1, -0.05) is 18.2 Å². The zero-order chi connectivity index (χ0) is 16.9. The molecule has 0 aromatic heterocycles. The number of ether oxygens (including phenoxy) is 2. The minimum absolute atomic E-state index is 0.0129. The van der Waals surface area contributed by atoms with Gasteiger partial charge in [-0.15, -0.1) is 0 Å². The van der Waals surface area contributed by atoms with Crippen LogP contribution < -0.4 is 4.74 Å². The second kappa shape index (κ2) is 7.66. The number of benzene rings is 1. The third kappa shape index (κ3) is 3.70. The summed E-state index contributed by atoms with van der Waals surface area (Å²) in [6.45, 7) is 1.99. The number of carboxylic acids is 1. The fourth-order valence-electron chi connectivity index (χ4n) is 3.48. The van der Waals surface area contributed by atoms with E-state index in [-0.39, 0.29) is 30.8 Å². The summed E-state index contributed by atoms with van der Waals surface area (Å²) in [5.74, 6) is -0.370. The minimum atomic E-state index is -0.882. The van der Waals surface area contributed by atoms with E-state index in [0.29, 0.717) is 26.2 Å². The molecule has 130 valence electrons. The van der Waals surface area contributed by atoms with E-state index < -0.39 is 5.97 Å². The first-order chi connectivity index (χ1) is 11.7. The Balaban J connectivity index is 1.81. The molecule has 6 heteroatoms. The smallest absolute Gasteiger partial charge is 0.305 e. The van der Waals surface area contributed by atoms with Crippen LogP contribution in [0.25, 0.3) is 0 Å². The third-order valence-electron chi connectivity index (χ3n) is 4.74. The van der Waals surface area contributed by atoms with Crippen molar-refractivity contribution in [3.05, 3.63) is 29.8 Å². The Hall–Kier alpha value is -2.08. The second-order valence-corrected chi connectivity index (χ2v) is 6.25. The standard InChI is InChI=1S/C18H23NO5/c20-17(21)5-9-19(13-6-10-23-11-7-13)18(22)15-8-12-24-16-4-2-1-3-14(15)16/h1-4,13,15H,5-12H2,(H,20,21). The molecule has 1 atom stereocenters. The normalized spacial score (nSPS) is 20.8. The number of carbonyl (C=O) groups excluding carboxylic acids is 1. The van der Waals surface area contributed by atoms with Crippen molar-refractivity contribution in [3.8, 4) is 5.75 Å². The summed E-state index contributed by atoms with van der Waals surface area (Å²) < 4.78 is 11.0. The molecule has 0 bridgehead atoms. The lowest BCUT2D eigenvalue weighted by Gasteiger charge is -2.37. The maximum atomic E-state index is 13.2. The van der Waals surface area contributed by atoms with Gasteiger partial charge in [0.1, 0.15) is 5.75 Å². The summed E-state index contributed by atoms with van der Waals surface area (Å²) in [5, 5.41) is 9.03. The first kappa shape index (κ1) is 16.8. The number of carboxylic acid groups (broad SMARTS) is 1. The Kier molecular flexibility index (Phi) is 5.35. The topological polar surface area (TPSA) is 76.1 Å². The molecule has 1 amide bonds. The van der Waals surface area contributed by atoms with E-state index in [1.54, 1.807) is 4.90 Å². The maximum Gasteiger partial charge on any atom is 0.305 e. The van der Waals surface area contributed by atoms with Crippen molar-refractivity contribution < 1.29 is 24.2 Å². The van der Waals surface area contributed by atoms with Gasteiger partial charge in [0.2, 0.25) is 5.91 Å². The van der Waals surface area contributed by atoms with Crippen molar-refractivity contribution >= 4 is 11.9 Å². The number of carbonyl (C=O) groups is 2. The quantitative estimate of drug-likeness (QED) is 0.892. The van der Waals surface area contributed by atoms with Crippen LogP contribution in [0.1, 0.15) is 37.2 Å².